The van der Waals surface area contributed by atoms with E-state index in [2.05, 4.69) is 4.98 Å². The number of carbonyl (C=O) groups is 1. The van der Waals surface area contributed by atoms with Gasteiger partial charge in [-0.15, -0.1) is 17.0 Å². The SMILES string of the molecule is Br.CC(=O)n1c(CC#N)nc2c1c(=O)n(C)c(=O)n2C. The molecular weight excluding hydrogens is 330 g/mol. The van der Waals surface area contributed by atoms with Crippen LogP contribution in [0.4, 0.5) is 0 Å². The lowest BCUT2D eigenvalue weighted by Gasteiger charge is -2.04. The summed E-state index contributed by atoms with van der Waals surface area (Å²) in [5.74, 6) is -0.271. The minimum atomic E-state index is -0.606. The third-order valence-electron chi connectivity index (χ3n) is 2.88. The Morgan fingerprint density at radius 1 is 1.30 bits per heavy atom. The van der Waals surface area contributed by atoms with Crippen molar-refractivity contribution in [1.82, 2.24) is 18.7 Å². The van der Waals surface area contributed by atoms with Crippen LogP contribution in [0.25, 0.3) is 11.2 Å². The molecule has 2 rings (SSSR count). The van der Waals surface area contributed by atoms with Crippen LogP contribution < -0.4 is 11.2 Å². The molecule has 0 saturated carbocycles. The fraction of sp³-hybridized carbons (Fsp3) is 0.364. The molecular formula is C11H12BrN5O3. The highest BCUT2D eigenvalue weighted by Gasteiger charge is 2.20. The average Bonchev–Trinajstić information content (AvgIpc) is 2.74. The summed E-state index contributed by atoms with van der Waals surface area (Å²) < 4.78 is 3.16. The van der Waals surface area contributed by atoms with Gasteiger partial charge in [0.2, 0.25) is 5.91 Å². The molecule has 8 nitrogen and oxygen atoms in total. The van der Waals surface area contributed by atoms with E-state index in [4.69, 9.17) is 5.26 Å². The summed E-state index contributed by atoms with van der Waals surface area (Å²) in [6, 6.07) is 1.88. The first-order valence-electron chi connectivity index (χ1n) is 5.45. The van der Waals surface area contributed by atoms with E-state index in [1.165, 1.54) is 25.6 Å². The van der Waals surface area contributed by atoms with Crippen LogP contribution >= 0.6 is 17.0 Å². The number of imidazole rings is 1. The van der Waals surface area contributed by atoms with Gasteiger partial charge in [-0.2, -0.15) is 5.26 Å². The number of halogens is 1. The number of nitrogens with zero attached hydrogens (tertiary/aromatic N) is 5. The number of carbonyl (C=O) groups excluding carboxylic acids is 1. The fourth-order valence-electron chi connectivity index (χ4n) is 1.97. The zero-order chi connectivity index (χ0) is 14.3. The molecule has 0 amide bonds. The average molecular weight is 342 g/mol. The van der Waals surface area contributed by atoms with E-state index in [1.807, 2.05) is 6.07 Å². The summed E-state index contributed by atoms with van der Waals surface area (Å²) in [5.41, 5.74) is -1.02. The van der Waals surface area contributed by atoms with Crippen LogP contribution in [0.3, 0.4) is 0 Å². The number of rotatable bonds is 1. The molecule has 0 aliphatic rings. The van der Waals surface area contributed by atoms with Gasteiger partial charge in [-0.3, -0.25) is 23.3 Å². The fourth-order valence-corrected chi connectivity index (χ4v) is 1.97. The Balaban J connectivity index is 0.00000200. The highest BCUT2D eigenvalue weighted by molar-refractivity contribution is 8.93. The molecule has 9 heteroatoms. The monoisotopic (exact) mass is 341 g/mol. The van der Waals surface area contributed by atoms with Crippen molar-refractivity contribution in [2.75, 3.05) is 0 Å². The molecule has 0 atom stereocenters. The van der Waals surface area contributed by atoms with Gasteiger partial charge in [0.05, 0.1) is 12.5 Å². The second kappa shape index (κ2) is 5.42. The van der Waals surface area contributed by atoms with Crippen LogP contribution in [0.15, 0.2) is 9.59 Å². The van der Waals surface area contributed by atoms with E-state index in [0.29, 0.717) is 0 Å². The Kier molecular flexibility index (Phi) is 4.29. The van der Waals surface area contributed by atoms with Crippen LogP contribution in [0.2, 0.25) is 0 Å². The first kappa shape index (κ1) is 15.8. The largest absolute Gasteiger partial charge is 0.332 e. The van der Waals surface area contributed by atoms with Gasteiger partial charge in [-0.05, 0) is 0 Å². The molecule has 2 aromatic heterocycles. The highest BCUT2D eigenvalue weighted by atomic mass is 79.9. The van der Waals surface area contributed by atoms with Gasteiger partial charge >= 0.3 is 5.69 Å². The summed E-state index contributed by atoms with van der Waals surface area (Å²) >= 11 is 0. The van der Waals surface area contributed by atoms with Crippen molar-refractivity contribution in [3.8, 4) is 6.07 Å². The van der Waals surface area contributed by atoms with Crippen molar-refractivity contribution in [3.63, 3.8) is 0 Å². The number of fused-ring (bicyclic) bond motifs is 1. The van der Waals surface area contributed by atoms with Crippen LogP contribution in [-0.4, -0.2) is 24.6 Å². The van der Waals surface area contributed by atoms with Crippen LogP contribution in [0.5, 0.6) is 0 Å². The van der Waals surface area contributed by atoms with Crippen LogP contribution in [0.1, 0.15) is 17.5 Å². The number of aromatic nitrogens is 4. The third-order valence-corrected chi connectivity index (χ3v) is 2.88. The highest BCUT2D eigenvalue weighted by Crippen LogP contribution is 2.11. The summed E-state index contributed by atoms with van der Waals surface area (Å²) in [4.78, 5) is 39.6. The van der Waals surface area contributed by atoms with Crippen molar-refractivity contribution in [1.29, 1.82) is 5.26 Å². The first-order valence-corrected chi connectivity index (χ1v) is 5.45. The molecule has 0 spiro atoms. The molecule has 0 unspecified atom stereocenters. The van der Waals surface area contributed by atoms with E-state index in [0.717, 1.165) is 9.13 Å². The molecule has 0 radical (unpaired) electrons. The van der Waals surface area contributed by atoms with E-state index in [9.17, 15) is 14.4 Å². The van der Waals surface area contributed by atoms with Crippen molar-refractivity contribution in [3.05, 3.63) is 26.7 Å². The van der Waals surface area contributed by atoms with Crippen molar-refractivity contribution >= 4 is 34.1 Å². The molecule has 0 N–H and O–H groups in total. The number of aryl methyl sites for hydroxylation is 1. The summed E-state index contributed by atoms with van der Waals surface area (Å²) in [5, 5.41) is 8.73. The molecule has 0 aliphatic heterocycles. The number of nitriles is 1. The number of hydrogen-bond donors (Lipinski definition) is 0. The van der Waals surface area contributed by atoms with Crippen molar-refractivity contribution < 1.29 is 4.79 Å². The van der Waals surface area contributed by atoms with Crippen LogP contribution in [-0.2, 0) is 20.5 Å². The minimum absolute atomic E-state index is 0. The summed E-state index contributed by atoms with van der Waals surface area (Å²) in [6.45, 7) is 1.27. The van der Waals surface area contributed by atoms with Crippen molar-refractivity contribution in [2.24, 2.45) is 14.1 Å². The topological polar surface area (TPSA) is 103 Å². The normalized spacial score (nSPS) is 10.1. The predicted molar refractivity (Wildman–Crippen MR) is 76.2 cm³/mol. The van der Waals surface area contributed by atoms with Gasteiger partial charge in [-0.1, -0.05) is 0 Å². The van der Waals surface area contributed by atoms with Crippen LogP contribution in [0, 0.1) is 11.3 Å². The second-order valence-corrected chi connectivity index (χ2v) is 4.10. The molecule has 2 aromatic rings. The van der Waals surface area contributed by atoms with Gasteiger partial charge in [-0.25, -0.2) is 9.78 Å². The molecule has 0 bridgehead atoms. The summed E-state index contributed by atoms with van der Waals surface area (Å²) in [6.07, 6.45) is -0.119. The quantitative estimate of drug-likeness (QED) is 0.710. The maximum atomic E-state index is 12.1. The Morgan fingerprint density at radius 3 is 2.40 bits per heavy atom. The third kappa shape index (κ3) is 2.08. The van der Waals surface area contributed by atoms with Gasteiger partial charge < -0.3 is 0 Å². The lowest BCUT2D eigenvalue weighted by Crippen LogP contribution is -2.37. The number of hydrogen-bond acceptors (Lipinski definition) is 5. The van der Waals surface area contributed by atoms with E-state index in [1.54, 1.807) is 0 Å². The predicted octanol–water partition coefficient (Wildman–Crippen LogP) is -0.262. The molecule has 2 heterocycles. The zero-order valence-electron chi connectivity index (χ0n) is 11.1. The zero-order valence-corrected chi connectivity index (χ0v) is 12.8. The first-order chi connectivity index (χ1) is 8.90. The van der Waals surface area contributed by atoms with Crippen molar-refractivity contribution in [2.45, 2.75) is 13.3 Å². The molecule has 0 aromatic carbocycles. The smallest absolute Gasteiger partial charge is 0.279 e. The molecule has 0 saturated heterocycles. The maximum Gasteiger partial charge on any atom is 0.332 e. The van der Waals surface area contributed by atoms with E-state index >= 15 is 0 Å². The lowest BCUT2D eigenvalue weighted by molar-refractivity contribution is 0.0938. The molecule has 0 fully saturated rings. The molecule has 106 valence electrons. The summed E-state index contributed by atoms with van der Waals surface area (Å²) in [7, 11) is 2.78. The lowest BCUT2D eigenvalue weighted by atomic mass is 10.4. The van der Waals surface area contributed by atoms with E-state index < -0.39 is 17.2 Å². The van der Waals surface area contributed by atoms with Gasteiger partial charge in [0, 0.05) is 21.0 Å². The molecule has 0 aliphatic carbocycles. The van der Waals surface area contributed by atoms with Gasteiger partial charge in [0.1, 0.15) is 5.82 Å². The maximum absolute atomic E-state index is 12.1. The van der Waals surface area contributed by atoms with E-state index in [-0.39, 0.29) is 40.4 Å². The van der Waals surface area contributed by atoms with Gasteiger partial charge in [0.25, 0.3) is 5.56 Å². The Morgan fingerprint density at radius 2 is 1.90 bits per heavy atom. The second-order valence-electron chi connectivity index (χ2n) is 4.10. The Bertz CT molecular complexity index is 852. The Labute approximate surface area is 123 Å². The standard InChI is InChI=1S/C11H11N5O3.BrH/c1-6(17)16-7(4-5-12)13-9-8(16)10(18)15(3)11(19)14(9)2;/h4H2,1-3H3;1H. The van der Waals surface area contributed by atoms with Gasteiger partial charge in [0.15, 0.2) is 11.2 Å². The Hall–Kier alpha value is -2.21. The molecule has 20 heavy (non-hydrogen) atoms. The minimum Gasteiger partial charge on any atom is -0.279 e.